The summed E-state index contributed by atoms with van der Waals surface area (Å²) in [5.41, 5.74) is 7.93. The molecular formula is C9H14N2S. The van der Waals surface area contributed by atoms with Crippen LogP contribution in [0.15, 0.2) is 17.2 Å². The lowest BCUT2D eigenvalue weighted by atomic mass is 10.1. The van der Waals surface area contributed by atoms with Crippen LogP contribution in [0.2, 0.25) is 0 Å². The van der Waals surface area contributed by atoms with Gasteiger partial charge < -0.3 is 5.73 Å². The standard InChI is InChI=1S/C9H14N2S/c1-6(10)8-4-5-9(12-3)11-7(8)2/h4-6H,10H2,1-3H3/t6-/m0/s1. The zero-order chi connectivity index (χ0) is 9.14. The molecule has 1 rings (SSSR count). The maximum absolute atomic E-state index is 5.76. The molecule has 1 aromatic rings. The van der Waals surface area contributed by atoms with Crippen molar-refractivity contribution in [2.24, 2.45) is 5.73 Å². The monoisotopic (exact) mass is 182 g/mol. The van der Waals surface area contributed by atoms with E-state index in [4.69, 9.17) is 5.73 Å². The van der Waals surface area contributed by atoms with Gasteiger partial charge in [-0.15, -0.1) is 11.8 Å². The summed E-state index contributed by atoms with van der Waals surface area (Å²) in [7, 11) is 0. The van der Waals surface area contributed by atoms with Crippen LogP contribution in [0.25, 0.3) is 0 Å². The van der Waals surface area contributed by atoms with Crippen LogP contribution in [0.3, 0.4) is 0 Å². The summed E-state index contributed by atoms with van der Waals surface area (Å²) < 4.78 is 0. The fraction of sp³-hybridized carbons (Fsp3) is 0.444. The molecule has 2 N–H and O–H groups in total. The van der Waals surface area contributed by atoms with E-state index < -0.39 is 0 Å². The van der Waals surface area contributed by atoms with E-state index in [1.807, 2.05) is 26.2 Å². The summed E-state index contributed by atoms with van der Waals surface area (Å²) >= 11 is 1.65. The van der Waals surface area contributed by atoms with Crippen molar-refractivity contribution in [1.82, 2.24) is 4.98 Å². The highest BCUT2D eigenvalue weighted by Gasteiger charge is 2.04. The molecule has 3 heteroatoms. The van der Waals surface area contributed by atoms with Gasteiger partial charge in [-0.3, -0.25) is 0 Å². The van der Waals surface area contributed by atoms with E-state index in [2.05, 4.69) is 11.1 Å². The third-order valence-electron chi connectivity index (χ3n) is 1.80. The predicted octanol–water partition coefficient (Wildman–Crippen LogP) is 2.13. The van der Waals surface area contributed by atoms with Gasteiger partial charge in [0.25, 0.3) is 0 Å². The number of aryl methyl sites for hydroxylation is 1. The van der Waals surface area contributed by atoms with Gasteiger partial charge in [0.2, 0.25) is 0 Å². The van der Waals surface area contributed by atoms with E-state index >= 15 is 0 Å². The summed E-state index contributed by atoms with van der Waals surface area (Å²) in [4.78, 5) is 4.40. The summed E-state index contributed by atoms with van der Waals surface area (Å²) in [6.07, 6.45) is 2.02. The smallest absolute Gasteiger partial charge is 0.0960 e. The topological polar surface area (TPSA) is 38.9 Å². The lowest BCUT2D eigenvalue weighted by molar-refractivity contribution is 0.792. The Hall–Kier alpha value is -0.540. The molecule has 0 saturated heterocycles. The van der Waals surface area contributed by atoms with Crippen LogP contribution in [-0.2, 0) is 0 Å². The highest BCUT2D eigenvalue weighted by molar-refractivity contribution is 7.98. The predicted molar refractivity (Wildman–Crippen MR) is 53.4 cm³/mol. The Bertz CT molecular complexity index is 271. The Balaban J connectivity index is 3.03. The molecule has 1 heterocycles. The van der Waals surface area contributed by atoms with Crippen LogP contribution in [0.5, 0.6) is 0 Å². The molecule has 0 aromatic carbocycles. The fourth-order valence-electron chi connectivity index (χ4n) is 1.14. The summed E-state index contributed by atoms with van der Waals surface area (Å²) in [5, 5.41) is 1.05. The molecular weight excluding hydrogens is 168 g/mol. The first-order valence-corrected chi connectivity index (χ1v) is 5.14. The van der Waals surface area contributed by atoms with Crippen LogP contribution in [0.4, 0.5) is 0 Å². The molecule has 0 amide bonds. The van der Waals surface area contributed by atoms with Crippen molar-refractivity contribution in [3.63, 3.8) is 0 Å². The van der Waals surface area contributed by atoms with Crippen molar-refractivity contribution < 1.29 is 0 Å². The number of aromatic nitrogens is 1. The average Bonchev–Trinajstić information content (AvgIpc) is 2.03. The third-order valence-corrected chi connectivity index (χ3v) is 2.45. The molecule has 1 atom stereocenters. The second-order valence-electron chi connectivity index (χ2n) is 2.82. The highest BCUT2D eigenvalue weighted by Crippen LogP contribution is 2.18. The number of rotatable bonds is 2. The molecule has 0 aliphatic rings. The lowest BCUT2D eigenvalue weighted by Crippen LogP contribution is -2.07. The van der Waals surface area contributed by atoms with Crippen molar-refractivity contribution in [2.45, 2.75) is 24.9 Å². The zero-order valence-electron chi connectivity index (χ0n) is 7.66. The Morgan fingerprint density at radius 2 is 2.17 bits per heavy atom. The van der Waals surface area contributed by atoms with Crippen molar-refractivity contribution >= 4 is 11.8 Å². The Labute approximate surface area is 77.6 Å². The second-order valence-corrected chi connectivity index (χ2v) is 3.64. The summed E-state index contributed by atoms with van der Waals surface area (Å²) in [6.45, 7) is 3.97. The fourth-order valence-corrected chi connectivity index (χ4v) is 1.58. The van der Waals surface area contributed by atoms with Gasteiger partial charge in [-0.05, 0) is 31.7 Å². The number of nitrogens with two attached hydrogens (primary N) is 1. The molecule has 12 heavy (non-hydrogen) atoms. The van der Waals surface area contributed by atoms with Crippen molar-refractivity contribution in [3.8, 4) is 0 Å². The zero-order valence-corrected chi connectivity index (χ0v) is 8.48. The first kappa shape index (κ1) is 9.55. The summed E-state index contributed by atoms with van der Waals surface area (Å²) in [5.74, 6) is 0. The van der Waals surface area contributed by atoms with Crippen molar-refractivity contribution in [3.05, 3.63) is 23.4 Å². The van der Waals surface area contributed by atoms with Gasteiger partial charge in [-0.1, -0.05) is 6.07 Å². The van der Waals surface area contributed by atoms with E-state index in [0.29, 0.717) is 0 Å². The number of nitrogens with zero attached hydrogens (tertiary/aromatic N) is 1. The van der Waals surface area contributed by atoms with Crippen molar-refractivity contribution in [2.75, 3.05) is 6.26 Å². The van der Waals surface area contributed by atoms with Gasteiger partial charge in [-0.25, -0.2) is 4.98 Å². The van der Waals surface area contributed by atoms with Gasteiger partial charge >= 0.3 is 0 Å². The molecule has 0 aliphatic heterocycles. The van der Waals surface area contributed by atoms with Crippen LogP contribution < -0.4 is 5.73 Å². The average molecular weight is 182 g/mol. The van der Waals surface area contributed by atoms with E-state index in [1.54, 1.807) is 11.8 Å². The van der Waals surface area contributed by atoms with Gasteiger partial charge in [0.1, 0.15) is 0 Å². The molecule has 0 spiro atoms. The van der Waals surface area contributed by atoms with Gasteiger partial charge in [-0.2, -0.15) is 0 Å². The molecule has 66 valence electrons. The number of hydrogen-bond donors (Lipinski definition) is 1. The molecule has 0 bridgehead atoms. The third kappa shape index (κ3) is 1.99. The van der Waals surface area contributed by atoms with Gasteiger partial charge in [0.05, 0.1) is 5.03 Å². The highest BCUT2D eigenvalue weighted by atomic mass is 32.2. The first-order chi connectivity index (χ1) is 5.65. The number of pyridine rings is 1. The Morgan fingerprint density at radius 1 is 1.50 bits per heavy atom. The van der Waals surface area contributed by atoms with E-state index in [1.165, 1.54) is 0 Å². The minimum Gasteiger partial charge on any atom is -0.324 e. The van der Waals surface area contributed by atoms with Crippen LogP contribution in [-0.4, -0.2) is 11.2 Å². The molecule has 1 aromatic heterocycles. The van der Waals surface area contributed by atoms with Gasteiger partial charge in [0.15, 0.2) is 0 Å². The maximum atomic E-state index is 5.76. The van der Waals surface area contributed by atoms with E-state index in [9.17, 15) is 0 Å². The molecule has 0 unspecified atom stereocenters. The Morgan fingerprint density at radius 3 is 2.58 bits per heavy atom. The minimum atomic E-state index is 0.0772. The second kappa shape index (κ2) is 3.92. The van der Waals surface area contributed by atoms with Crippen LogP contribution in [0, 0.1) is 6.92 Å². The minimum absolute atomic E-state index is 0.0772. The maximum Gasteiger partial charge on any atom is 0.0960 e. The summed E-state index contributed by atoms with van der Waals surface area (Å²) in [6, 6.07) is 4.14. The molecule has 0 radical (unpaired) electrons. The first-order valence-electron chi connectivity index (χ1n) is 3.92. The molecule has 0 aliphatic carbocycles. The van der Waals surface area contributed by atoms with E-state index in [-0.39, 0.29) is 6.04 Å². The van der Waals surface area contributed by atoms with Crippen LogP contribution in [0.1, 0.15) is 24.2 Å². The van der Waals surface area contributed by atoms with Crippen molar-refractivity contribution in [1.29, 1.82) is 0 Å². The van der Waals surface area contributed by atoms with E-state index in [0.717, 1.165) is 16.3 Å². The molecule has 0 fully saturated rings. The van der Waals surface area contributed by atoms with Gasteiger partial charge in [0, 0.05) is 11.7 Å². The number of thioether (sulfide) groups is 1. The molecule has 2 nitrogen and oxygen atoms in total. The lowest BCUT2D eigenvalue weighted by Gasteiger charge is -2.09. The molecule has 0 saturated carbocycles. The normalized spacial score (nSPS) is 13.0. The van der Waals surface area contributed by atoms with Crippen LogP contribution >= 0.6 is 11.8 Å². The SMILES string of the molecule is CSc1ccc([C@H](C)N)c(C)n1. The largest absolute Gasteiger partial charge is 0.324 e. The quantitative estimate of drug-likeness (QED) is 0.712. The number of hydrogen-bond acceptors (Lipinski definition) is 3. The Kier molecular flexibility index (Phi) is 3.12.